The molecule has 218 valence electrons. The van der Waals surface area contributed by atoms with E-state index in [4.69, 9.17) is 23.7 Å². The second-order valence-corrected chi connectivity index (χ2v) is 10.4. The summed E-state index contributed by atoms with van der Waals surface area (Å²) in [5, 5.41) is 13.8. The number of methoxy groups -OCH3 is 5. The molecule has 41 heavy (non-hydrogen) atoms. The van der Waals surface area contributed by atoms with Gasteiger partial charge in [0.15, 0.2) is 23.0 Å². The molecule has 0 radical (unpaired) electrons. The summed E-state index contributed by atoms with van der Waals surface area (Å²) in [5.74, 6) is 2.86. The number of aliphatic hydroxyl groups is 1. The van der Waals surface area contributed by atoms with Crippen molar-refractivity contribution >= 4 is 5.91 Å². The highest BCUT2D eigenvalue weighted by Gasteiger charge is 2.37. The number of rotatable bonds is 10. The third-order valence-corrected chi connectivity index (χ3v) is 8.14. The van der Waals surface area contributed by atoms with Gasteiger partial charge < -0.3 is 34.1 Å². The Labute approximate surface area is 240 Å². The van der Waals surface area contributed by atoms with Crippen LogP contribution in [0.3, 0.4) is 0 Å². The fraction of sp³-hybridized carbons (Fsp3) is 0.406. The van der Waals surface area contributed by atoms with Crippen LogP contribution in [0.15, 0.2) is 48.5 Å². The molecule has 0 bridgehead atoms. The average Bonchev–Trinajstić information content (AvgIpc) is 3.31. The maximum absolute atomic E-state index is 13.5. The highest BCUT2D eigenvalue weighted by molar-refractivity contribution is 5.79. The predicted molar refractivity (Wildman–Crippen MR) is 154 cm³/mol. The van der Waals surface area contributed by atoms with Gasteiger partial charge in [0.25, 0.3) is 0 Å². The maximum atomic E-state index is 13.5. The second-order valence-electron chi connectivity index (χ2n) is 10.4. The molecule has 9 nitrogen and oxygen atoms in total. The quantitative estimate of drug-likeness (QED) is 0.387. The molecule has 0 aromatic heterocycles. The largest absolute Gasteiger partial charge is 0.493 e. The minimum absolute atomic E-state index is 0.147. The van der Waals surface area contributed by atoms with E-state index in [0.717, 1.165) is 27.8 Å². The van der Waals surface area contributed by atoms with Gasteiger partial charge in [-0.25, -0.2) is 0 Å². The summed E-state index contributed by atoms with van der Waals surface area (Å²) in [7, 11) is 8.05. The number of benzene rings is 3. The van der Waals surface area contributed by atoms with Crippen LogP contribution in [-0.4, -0.2) is 70.7 Å². The highest BCUT2D eigenvalue weighted by atomic mass is 16.5. The number of carbonyl (C=O) groups is 1. The lowest BCUT2D eigenvalue weighted by molar-refractivity contribution is -0.124. The zero-order valence-electron chi connectivity index (χ0n) is 24.2. The van der Waals surface area contributed by atoms with Crippen molar-refractivity contribution < 1.29 is 33.6 Å². The molecule has 1 amide bonds. The van der Waals surface area contributed by atoms with E-state index in [-0.39, 0.29) is 18.5 Å². The second kappa shape index (κ2) is 12.3. The van der Waals surface area contributed by atoms with Gasteiger partial charge in [0.2, 0.25) is 11.7 Å². The van der Waals surface area contributed by atoms with Crippen molar-refractivity contribution in [3.8, 4) is 28.7 Å². The van der Waals surface area contributed by atoms with Gasteiger partial charge in [0.05, 0.1) is 54.2 Å². The topological polar surface area (TPSA) is 98.7 Å². The normalized spacial score (nSPS) is 19.6. The van der Waals surface area contributed by atoms with Gasteiger partial charge >= 0.3 is 0 Å². The predicted octanol–water partition coefficient (Wildman–Crippen LogP) is 3.65. The van der Waals surface area contributed by atoms with Crippen molar-refractivity contribution in [3.63, 3.8) is 0 Å². The first-order chi connectivity index (χ1) is 19.9. The van der Waals surface area contributed by atoms with Crippen molar-refractivity contribution in [2.75, 3.05) is 48.6 Å². The van der Waals surface area contributed by atoms with Crippen molar-refractivity contribution in [2.24, 2.45) is 0 Å². The van der Waals surface area contributed by atoms with Crippen LogP contribution in [0.5, 0.6) is 28.7 Å². The third kappa shape index (κ3) is 5.52. The Bertz CT molecular complexity index is 1410. The number of aliphatic hydroxyl groups excluding tert-OH is 1. The number of nitrogens with zero attached hydrogens (tertiary/aromatic N) is 1. The number of fused-ring (bicyclic) bond motifs is 2. The molecule has 3 aromatic carbocycles. The molecule has 1 aliphatic heterocycles. The summed E-state index contributed by atoms with van der Waals surface area (Å²) in [6.45, 7) is 0.807. The van der Waals surface area contributed by atoms with Crippen LogP contribution in [-0.2, 0) is 24.1 Å². The van der Waals surface area contributed by atoms with E-state index in [9.17, 15) is 9.90 Å². The lowest BCUT2D eigenvalue weighted by Crippen LogP contribution is -2.45. The van der Waals surface area contributed by atoms with E-state index >= 15 is 0 Å². The van der Waals surface area contributed by atoms with Crippen LogP contribution in [0.2, 0.25) is 0 Å². The van der Waals surface area contributed by atoms with Crippen LogP contribution in [0.1, 0.15) is 39.9 Å². The molecule has 9 heteroatoms. The molecule has 0 fully saturated rings. The molecular weight excluding hydrogens is 524 g/mol. The highest BCUT2D eigenvalue weighted by Crippen LogP contribution is 2.48. The van der Waals surface area contributed by atoms with Crippen molar-refractivity contribution in [3.05, 3.63) is 76.3 Å². The van der Waals surface area contributed by atoms with E-state index in [2.05, 4.69) is 10.2 Å². The molecule has 0 spiro atoms. The minimum Gasteiger partial charge on any atom is -0.493 e. The summed E-state index contributed by atoms with van der Waals surface area (Å²) < 4.78 is 28.3. The summed E-state index contributed by atoms with van der Waals surface area (Å²) in [6.07, 6.45) is 1.16. The molecule has 1 aliphatic carbocycles. The maximum Gasteiger partial charge on any atom is 0.234 e. The number of amides is 1. The average molecular weight is 563 g/mol. The van der Waals surface area contributed by atoms with Gasteiger partial charge in [-0.3, -0.25) is 9.69 Å². The van der Waals surface area contributed by atoms with E-state index in [1.54, 1.807) is 35.5 Å². The summed E-state index contributed by atoms with van der Waals surface area (Å²) in [4.78, 5) is 15.7. The standard InChI is InChI=1S/C32H38N2O7/c1-37-25-11-10-19(15-26(25)38-2)14-23-29-21(17-27(39-3)31(40-4)32(29)41-5)12-13-34(23)18-28(36)33-30-22-9-7-6-8-20(22)16-24(30)35/h6-11,15,17,23-24,30,35H,12-14,16,18H2,1-5H3,(H,33,36). The molecule has 2 aliphatic rings. The van der Waals surface area contributed by atoms with Gasteiger partial charge in [-0.05, 0) is 53.3 Å². The SMILES string of the molecule is COc1ccc(CC2c3c(cc(OC)c(OC)c3OC)CCN2CC(=O)NC2c3ccccc3CC2O)cc1OC. The first-order valence-corrected chi connectivity index (χ1v) is 13.7. The Morgan fingerprint density at radius 2 is 1.61 bits per heavy atom. The van der Waals surface area contributed by atoms with E-state index in [0.29, 0.717) is 54.6 Å². The summed E-state index contributed by atoms with van der Waals surface area (Å²) in [5.41, 5.74) is 5.10. The zero-order valence-corrected chi connectivity index (χ0v) is 24.2. The number of ether oxygens (including phenoxy) is 5. The van der Waals surface area contributed by atoms with E-state index < -0.39 is 12.1 Å². The van der Waals surface area contributed by atoms with Gasteiger partial charge in [0, 0.05) is 24.6 Å². The van der Waals surface area contributed by atoms with Gasteiger partial charge in [0.1, 0.15) is 0 Å². The number of nitrogens with one attached hydrogen (secondary N) is 1. The van der Waals surface area contributed by atoms with Crippen molar-refractivity contribution in [1.82, 2.24) is 10.2 Å². The molecule has 3 aromatic rings. The van der Waals surface area contributed by atoms with E-state index in [1.807, 2.05) is 48.5 Å². The van der Waals surface area contributed by atoms with Crippen LogP contribution < -0.4 is 29.0 Å². The fourth-order valence-corrected chi connectivity index (χ4v) is 6.21. The minimum atomic E-state index is -0.655. The van der Waals surface area contributed by atoms with Gasteiger partial charge in [-0.2, -0.15) is 0 Å². The molecule has 1 heterocycles. The van der Waals surface area contributed by atoms with Gasteiger partial charge in [-0.1, -0.05) is 30.3 Å². The van der Waals surface area contributed by atoms with Gasteiger partial charge in [-0.15, -0.1) is 0 Å². The lowest BCUT2D eigenvalue weighted by Gasteiger charge is -2.38. The summed E-state index contributed by atoms with van der Waals surface area (Å²) >= 11 is 0. The lowest BCUT2D eigenvalue weighted by atomic mass is 9.87. The molecule has 2 N–H and O–H groups in total. The molecule has 3 atom stereocenters. The number of hydrogen-bond acceptors (Lipinski definition) is 8. The first-order valence-electron chi connectivity index (χ1n) is 13.7. The Hall–Kier alpha value is -3.95. The van der Waals surface area contributed by atoms with E-state index in [1.165, 1.54) is 0 Å². The molecule has 0 saturated heterocycles. The Kier molecular flexibility index (Phi) is 8.56. The van der Waals surface area contributed by atoms with Crippen molar-refractivity contribution in [2.45, 2.75) is 37.5 Å². The molecule has 0 saturated carbocycles. The van der Waals surface area contributed by atoms with Crippen LogP contribution in [0.4, 0.5) is 0 Å². The number of hydrogen-bond donors (Lipinski definition) is 2. The molecule has 5 rings (SSSR count). The third-order valence-electron chi connectivity index (χ3n) is 8.14. The summed E-state index contributed by atoms with van der Waals surface area (Å²) in [6, 6.07) is 15.1. The number of carbonyl (C=O) groups excluding carboxylic acids is 1. The first kappa shape index (κ1) is 28.6. The molecule has 3 unspecified atom stereocenters. The van der Waals surface area contributed by atoms with Crippen LogP contribution >= 0.6 is 0 Å². The monoisotopic (exact) mass is 562 g/mol. The smallest absolute Gasteiger partial charge is 0.234 e. The zero-order chi connectivity index (χ0) is 29.1. The Morgan fingerprint density at radius 1 is 0.878 bits per heavy atom. The Morgan fingerprint density at radius 3 is 2.32 bits per heavy atom. The fourth-order valence-electron chi connectivity index (χ4n) is 6.21. The Balaban J connectivity index is 1.49. The molecular formula is C32H38N2O7. The van der Waals surface area contributed by atoms with Crippen LogP contribution in [0.25, 0.3) is 0 Å². The van der Waals surface area contributed by atoms with Crippen LogP contribution in [0, 0.1) is 0 Å². The van der Waals surface area contributed by atoms with Crippen molar-refractivity contribution in [1.29, 1.82) is 0 Å².